The van der Waals surface area contributed by atoms with Crippen LogP contribution >= 0.6 is 23.2 Å². The highest BCUT2D eigenvalue weighted by molar-refractivity contribution is 6.42. The van der Waals surface area contributed by atoms with E-state index in [1.807, 2.05) is 30.6 Å². The minimum atomic E-state index is 0.565. The van der Waals surface area contributed by atoms with Crippen molar-refractivity contribution in [2.75, 3.05) is 5.32 Å². The summed E-state index contributed by atoms with van der Waals surface area (Å²) in [4.78, 5) is 3.00. The number of benzene rings is 1. The molecule has 0 fully saturated rings. The normalized spacial score (nSPS) is 10.3. The molecule has 2 N–H and O–H groups in total. The number of rotatable bonds is 3. The topological polar surface area (TPSA) is 27.8 Å². The molecule has 1 aromatic heterocycles. The highest BCUT2D eigenvalue weighted by atomic mass is 35.5. The SMILES string of the molecule is Clc1ccc(NCc2cc[nH]c2)cc1Cl. The highest BCUT2D eigenvalue weighted by Gasteiger charge is 1.99. The van der Waals surface area contributed by atoms with Gasteiger partial charge in [0.15, 0.2) is 0 Å². The summed E-state index contributed by atoms with van der Waals surface area (Å²) in [5.74, 6) is 0. The maximum Gasteiger partial charge on any atom is 0.0612 e. The summed E-state index contributed by atoms with van der Waals surface area (Å²) >= 11 is 11.7. The number of nitrogens with one attached hydrogen (secondary N) is 2. The van der Waals surface area contributed by atoms with Crippen LogP contribution in [0.3, 0.4) is 0 Å². The van der Waals surface area contributed by atoms with Crippen molar-refractivity contribution in [3.63, 3.8) is 0 Å². The second-order valence-electron chi connectivity index (χ2n) is 3.20. The van der Waals surface area contributed by atoms with Gasteiger partial charge in [0.2, 0.25) is 0 Å². The van der Waals surface area contributed by atoms with Crippen LogP contribution in [0.4, 0.5) is 5.69 Å². The number of H-pyrrole nitrogens is 1. The van der Waals surface area contributed by atoms with Gasteiger partial charge in [-0.3, -0.25) is 0 Å². The summed E-state index contributed by atoms with van der Waals surface area (Å²) in [5, 5.41) is 4.39. The first-order chi connectivity index (χ1) is 7.25. The third-order valence-corrected chi connectivity index (χ3v) is 2.82. The zero-order valence-electron chi connectivity index (χ0n) is 7.93. The van der Waals surface area contributed by atoms with Crippen LogP contribution < -0.4 is 5.32 Å². The van der Waals surface area contributed by atoms with Gasteiger partial charge in [-0.25, -0.2) is 0 Å². The van der Waals surface area contributed by atoms with Crippen LogP contribution in [-0.2, 0) is 6.54 Å². The molecule has 0 atom stereocenters. The van der Waals surface area contributed by atoms with Gasteiger partial charge in [0.1, 0.15) is 0 Å². The number of hydrogen-bond donors (Lipinski definition) is 2. The van der Waals surface area contributed by atoms with Crippen LogP contribution in [-0.4, -0.2) is 4.98 Å². The molecule has 1 aromatic carbocycles. The number of anilines is 1. The molecule has 0 aliphatic rings. The van der Waals surface area contributed by atoms with Crippen LogP contribution in [0.25, 0.3) is 0 Å². The van der Waals surface area contributed by atoms with E-state index in [0.29, 0.717) is 10.0 Å². The van der Waals surface area contributed by atoms with Gasteiger partial charge in [0.25, 0.3) is 0 Å². The van der Waals surface area contributed by atoms with Gasteiger partial charge in [0.05, 0.1) is 10.0 Å². The molecule has 15 heavy (non-hydrogen) atoms. The zero-order valence-corrected chi connectivity index (χ0v) is 9.44. The Labute approximate surface area is 98.2 Å². The van der Waals surface area contributed by atoms with E-state index in [1.165, 1.54) is 5.56 Å². The van der Waals surface area contributed by atoms with Gasteiger partial charge in [-0.1, -0.05) is 23.2 Å². The van der Waals surface area contributed by atoms with Crippen molar-refractivity contribution in [3.8, 4) is 0 Å². The third kappa shape index (κ3) is 2.67. The second kappa shape index (κ2) is 4.60. The Hall–Kier alpha value is -1.12. The Balaban J connectivity index is 2.02. The van der Waals surface area contributed by atoms with E-state index in [-0.39, 0.29) is 0 Å². The van der Waals surface area contributed by atoms with Crippen LogP contribution in [0.15, 0.2) is 36.7 Å². The van der Waals surface area contributed by atoms with E-state index in [4.69, 9.17) is 23.2 Å². The van der Waals surface area contributed by atoms with Gasteiger partial charge in [-0.05, 0) is 29.8 Å². The fourth-order valence-corrected chi connectivity index (χ4v) is 1.58. The Morgan fingerprint density at radius 2 is 2.00 bits per heavy atom. The van der Waals surface area contributed by atoms with E-state index in [9.17, 15) is 0 Å². The molecule has 1 heterocycles. The van der Waals surface area contributed by atoms with Crippen molar-refractivity contribution >= 4 is 28.9 Å². The fraction of sp³-hybridized carbons (Fsp3) is 0.0909. The molecule has 0 aliphatic heterocycles. The summed E-state index contributed by atoms with van der Waals surface area (Å²) in [6, 6.07) is 7.52. The van der Waals surface area contributed by atoms with Crippen molar-refractivity contribution in [1.29, 1.82) is 0 Å². The second-order valence-corrected chi connectivity index (χ2v) is 4.02. The molecule has 2 aromatic rings. The van der Waals surface area contributed by atoms with Crippen LogP contribution in [0.5, 0.6) is 0 Å². The summed E-state index contributed by atoms with van der Waals surface area (Å²) in [5.41, 5.74) is 2.16. The summed E-state index contributed by atoms with van der Waals surface area (Å²) in [6.45, 7) is 0.765. The Kier molecular flexibility index (Phi) is 3.19. The highest BCUT2D eigenvalue weighted by Crippen LogP contribution is 2.25. The lowest BCUT2D eigenvalue weighted by molar-refractivity contribution is 1.15. The number of aromatic amines is 1. The van der Waals surface area contributed by atoms with Crippen molar-refractivity contribution in [1.82, 2.24) is 4.98 Å². The molecule has 0 amide bonds. The first-order valence-corrected chi connectivity index (χ1v) is 5.32. The van der Waals surface area contributed by atoms with E-state index < -0.39 is 0 Å². The number of aromatic nitrogens is 1. The summed E-state index contributed by atoms with van der Waals surface area (Å²) < 4.78 is 0. The molecule has 2 nitrogen and oxygen atoms in total. The molecular formula is C11H10Cl2N2. The maximum absolute atomic E-state index is 5.90. The minimum Gasteiger partial charge on any atom is -0.381 e. The molecule has 78 valence electrons. The molecule has 2 rings (SSSR count). The lowest BCUT2D eigenvalue weighted by atomic mass is 10.3. The number of halogens is 2. The van der Waals surface area contributed by atoms with E-state index >= 15 is 0 Å². The Morgan fingerprint density at radius 3 is 2.67 bits per heavy atom. The molecule has 4 heteroatoms. The molecule has 0 radical (unpaired) electrons. The predicted molar refractivity (Wildman–Crippen MR) is 64.6 cm³/mol. The molecular weight excluding hydrogens is 231 g/mol. The molecule has 0 unspecified atom stereocenters. The standard InChI is InChI=1S/C11H10Cl2N2/c12-10-2-1-9(5-11(10)13)15-7-8-3-4-14-6-8/h1-6,14-15H,7H2. The van der Waals surface area contributed by atoms with E-state index in [2.05, 4.69) is 10.3 Å². The Morgan fingerprint density at radius 1 is 1.13 bits per heavy atom. The third-order valence-electron chi connectivity index (χ3n) is 2.08. The summed E-state index contributed by atoms with van der Waals surface area (Å²) in [6.07, 6.45) is 3.84. The Bertz CT molecular complexity index is 438. The zero-order chi connectivity index (χ0) is 10.7. The van der Waals surface area contributed by atoms with Gasteiger partial charge in [0, 0.05) is 24.6 Å². The van der Waals surface area contributed by atoms with E-state index in [1.54, 1.807) is 6.07 Å². The summed E-state index contributed by atoms with van der Waals surface area (Å²) in [7, 11) is 0. The average molecular weight is 241 g/mol. The van der Waals surface area contributed by atoms with E-state index in [0.717, 1.165) is 12.2 Å². The van der Waals surface area contributed by atoms with Crippen molar-refractivity contribution in [3.05, 3.63) is 52.3 Å². The fourth-order valence-electron chi connectivity index (χ4n) is 1.28. The smallest absolute Gasteiger partial charge is 0.0612 e. The maximum atomic E-state index is 5.90. The molecule has 0 saturated carbocycles. The van der Waals surface area contributed by atoms with Crippen LogP contribution in [0.1, 0.15) is 5.56 Å². The quantitative estimate of drug-likeness (QED) is 0.836. The van der Waals surface area contributed by atoms with Gasteiger partial charge < -0.3 is 10.3 Å². The lowest BCUT2D eigenvalue weighted by Gasteiger charge is -2.05. The number of hydrogen-bond acceptors (Lipinski definition) is 1. The van der Waals surface area contributed by atoms with Gasteiger partial charge >= 0.3 is 0 Å². The predicted octanol–water partition coefficient (Wildman–Crippen LogP) is 3.93. The minimum absolute atomic E-state index is 0.565. The average Bonchev–Trinajstić information content (AvgIpc) is 2.73. The first-order valence-electron chi connectivity index (χ1n) is 4.56. The largest absolute Gasteiger partial charge is 0.381 e. The lowest BCUT2D eigenvalue weighted by Crippen LogP contribution is -1.97. The first kappa shape index (κ1) is 10.4. The van der Waals surface area contributed by atoms with Crippen molar-refractivity contribution in [2.45, 2.75) is 6.54 Å². The van der Waals surface area contributed by atoms with Crippen LogP contribution in [0, 0.1) is 0 Å². The van der Waals surface area contributed by atoms with Gasteiger partial charge in [-0.2, -0.15) is 0 Å². The van der Waals surface area contributed by atoms with Gasteiger partial charge in [-0.15, -0.1) is 0 Å². The monoisotopic (exact) mass is 240 g/mol. The van der Waals surface area contributed by atoms with Crippen LogP contribution in [0.2, 0.25) is 10.0 Å². The van der Waals surface area contributed by atoms with Crippen molar-refractivity contribution in [2.24, 2.45) is 0 Å². The van der Waals surface area contributed by atoms with Crippen molar-refractivity contribution < 1.29 is 0 Å². The molecule has 0 bridgehead atoms. The molecule has 0 aliphatic carbocycles. The molecule has 0 spiro atoms. The molecule has 0 saturated heterocycles.